The number of ketones is 1. The first-order valence-corrected chi connectivity index (χ1v) is 13.3. The Morgan fingerprint density at radius 3 is 2.39 bits per heavy atom. The van der Waals surface area contributed by atoms with E-state index in [1.807, 2.05) is 53.3 Å². The van der Waals surface area contributed by atoms with Crippen molar-refractivity contribution in [3.8, 4) is 11.3 Å². The van der Waals surface area contributed by atoms with E-state index in [9.17, 15) is 13.2 Å². The van der Waals surface area contributed by atoms with Gasteiger partial charge in [0.05, 0.1) is 11.4 Å². The van der Waals surface area contributed by atoms with Gasteiger partial charge in [-0.05, 0) is 67.0 Å². The van der Waals surface area contributed by atoms with Gasteiger partial charge in [-0.3, -0.25) is 14.5 Å². The van der Waals surface area contributed by atoms with E-state index in [1.165, 1.54) is 22.5 Å². The molecule has 1 aliphatic rings. The minimum atomic E-state index is -3.51. The number of nitrogens with zero attached hydrogens (tertiary/aromatic N) is 4. The molecular weight excluding hydrogens is 472 g/mol. The van der Waals surface area contributed by atoms with Gasteiger partial charge in [-0.2, -0.15) is 9.40 Å². The SMILES string of the molecule is O=C(/C=C/c1cn(Cc2ccccc2)nc1-c1cccnc1)c1ccc(S(=O)(=O)N2CCCC2)cc1. The second-order valence-electron chi connectivity index (χ2n) is 8.69. The molecule has 0 bridgehead atoms. The number of allylic oxidation sites excluding steroid dienone is 1. The van der Waals surface area contributed by atoms with Crippen molar-refractivity contribution in [3.63, 3.8) is 0 Å². The first kappa shape index (κ1) is 23.8. The number of hydrogen-bond acceptors (Lipinski definition) is 5. The summed E-state index contributed by atoms with van der Waals surface area (Å²) in [5.74, 6) is -0.215. The van der Waals surface area contributed by atoms with Crippen LogP contribution < -0.4 is 0 Å². The number of pyridine rings is 1. The Bertz CT molecular complexity index is 1470. The first-order valence-electron chi connectivity index (χ1n) is 11.9. The van der Waals surface area contributed by atoms with Crippen LogP contribution in [-0.2, 0) is 16.6 Å². The lowest BCUT2D eigenvalue weighted by Crippen LogP contribution is -2.27. The van der Waals surface area contributed by atoms with Crippen molar-refractivity contribution >= 4 is 21.9 Å². The lowest BCUT2D eigenvalue weighted by Gasteiger charge is -2.15. The Morgan fingerprint density at radius 2 is 1.69 bits per heavy atom. The Balaban J connectivity index is 1.38. The third-order valence-corrected chi connectivity index (χ3v) is 8.08. The largest absolute Gasteiger partial charge is 0.289 e. The molecule has 0 radical (unpaired) electrons. The van der Waals surface area contributed by atoms with E-state index < -0.39 is 10.0 Å². The standard InChI is InChI=1S/C28H26N4O3S/c33-27(23-10-13-26(14-11-23)36(34,35)32-17-4-5-18-32)15-12-25-21-31(20-22-7-2-1-3-8-22)30-28(25)24-9-6-16-29-19-24/h1-3,6-16,19,21H,4-5,17-18,20H2/b15-12+. The molecule has 0 aliphatic carbocycles. The Morgan fingerprint density at radius 1 is 0.944 bits per heavy atom. The molecule has 0 amide bonds. The summed E-state index contributed by atoms with van der Waals surface area (Å²) in [5, 5.41) is 4.75. The van der Waals surface area contributed by atoms with Crippen LogP contribution in [0.2, 0.25) is 0 Å². The third kappa shape index (κ3) is 5.19. The average Bonchev–Trinajstić information content (AvgIpc) is 3.60. The van der Waals surface area contributed by atoms with E-state index in [1.54, 1.807) is 30.6 Å². The van der Waals surface area contributed by atoms with Gasteiger partial charge in [0.15, 0.2) is 5.78 Å². The van der Waals surface area contributed by atoms with E-state index in [-0.39, 0.29) is 10.7 Å². The molecule has 1 fully saturated rings. The van der Waals surface area contributed by atoms with Crippen LogP contribution in [0.25, 0.3) is 17.3 Å². The number of carbonyl (C=O) groups excluding carboxylic acids is 1. The van der Waals surface area contributed by atoms with Gasteiger partial charge in [-0.25, -0.2) is 8.42 Å². The fraction of sp³-hybridized carbons (Fsp3) is 0.179. The molecule has 7 nitrogen and oxygen atoms in total. The molecular formula is C28H26N4O3S. The zero-order valence-corrected chi connectivity index (χ0v) is 20.5. The maximum Gasteiger partial charge on any atom is 0.243 e. The topological polar surface area (TPSA) is 85.2 Å². The maximum absolute atomic E-state index is 12.9. The Labute approximate surface area is 210 Å². The monoisotopic (exact) mass is 498 g/mol. The predicted octanol–water partition coefficient (Wildman–Crippen LogP) is 4.67. The number of hydrogen-bond donors (Lipinski definition) is 0. The van der Waals surface area contributed by atoms with Crippen molar-refractivity contribution < 1.29 is 13.2 Å². The normalized spacial score (nSPS) is 14.4. The smallest absolute Gasteiger partial charge is 0.243 e. The van der Waals surface area contributed by atoms with Crippen molar-refractivity contribution in [2.24, 2.45) is 0 Å². The minimum absolute atomic E-state index is 0.214. The van der Waals surface area contributed by atoms with Gasteiger partial charge >= 0.3 is 0 Å². The van der Waals surface area contributed by atoms with Crippen LogP contribution in [0.4, 0.5) is 0 Å². The van der Waals surface area contributed by atoms with Gasteiger partial charge in [0, 0.05) is 48.4 Å². The number of sulfonamides is 1. The molecule has 0 unspecified atom stereocenters. The van der Waals surface area contributed by atoms with Crippen LogP contribution in [0, 0.1) is 0 Å². The van der Waals surface area contributed by atoms with Crippen LogP contribution in [0.1, 0.15) is 34.3 Å². The van der Waals surface area contributed by atoms with Crippen LogP contribution in [0.3, 0.4) is 0 Å². The highest BCUT2D eigenvalue weighted by molar-refractivity contribution is 7.89. The fourth-order valence-corrected chi connectivity index (χ4v) is 5.78. The van der Waals surface area contributed by atoms with Crippen molar-refractivity contribution in [2.75, 3.05) is 13.1 Å². The highest BCUT2D eigenvalue weighted by atomic mass is 32.2. The summed E-state index contributed by atoms with van der Waals surface area (Å²) >= 11 is 0. The van der Waals surface area contributed by atoms with Gasteiger partial charge in [-0.1, -0.05) is 30.3 Å². The van der Waals surface area contributed by atoms with E-state index >= 15 is 0 Å². The van der Waals surface area contributed by atoms with Crippen LogP contribution in [0.5, 0.6) is 0 Å². The summed E-state index contributed by atoms with van der Waals surface area (Å²) in [6.07, 6.45) is 10.4. The number of benzene rings is 2. The maximum atomic E-state index is 12.9. The third-order valence-electron chi connectivity index (χ3n) is 6.17. The highest BCUT2D eigenvalue weighted by Gasteiger charge is 2.27. The molecule has 0 N–H and O–H groups in total. The van der Waals surface area contributed by atoms with E-state index in [0.717, 1.165) is 35.2 Å². The van der Waals surface area contributed by atoms with Gasteiger partial charge in [0.2, 0.25) is 10.0 Å². The summed E-state index contributed by atoms with van der Waals surface area (Å²) in [7, 11) is -3.51. The Hall–Kier alpha value is -3.88. The minimum Gasteiger partial charge on any atom is -0.289 e. The van der Waals surface area contributed by atoms with Gasteiger partial charge in [-0.15, -0.1) is 0 Å². The lowest BCUT2D eigenvalue weighted by molar-refractivity contribution is 0.104. The zero-order valence-electron chi connectivity index (χ0n) is 19.7. The molecule has 1 saturated heterocycles. The van der Waals surface area contributed by atoms with Crippen molar-refractivity contribution in [1.29, 1.82) is 0 Å². The second kappa shape index (κ2) is 10.4. The van der Waals surface area contributed by atoms with E-state index in [0.29, 0.717) is 25.2 Å². The van der Waals surface area contributed by atoms with E-state index in [4.69, 9.17) is 5.10 Å². The van der Waals surface area contributed by atoms with Crippen molar-refractivity contribution in [1.82, 2.24) is 19.1 Å². The summed E-state index contributed by atoms with van der Waals surface area (Å²) < 4.78 is 28.8. The van der Waals surface area contributed by atoms with E-state index in [2.05, 4.69) is 4.98 Å². The van der Waals surface area contributed by atoms with Gasteiger partial charge in [0.1, 0.15) is 5.69 Å². The molecule has 2 aromatic heterocycles. The molecule has 8 heteroatoms. The fourth-order valence-electron chi connectivity index (χ4n) is 4.27. The van der Waals surface area contributed by atoms with Gasteiger partial charge in [0.25, 0.3) is 0 Å². The zero-order chi connectivity index (χ0) is 25.0. The van der Waals surface area contributed by atoms with Gasteiger partial charge < -0.3 is 0 Å². The van der Waals surface area contributed by atoms with Crippen LogP contribution >= 0.6 is 0 Å². The number of aromatic nitrogens is 3. The molecule has 36 heavy (non-hydrogen) atoms. The summed E-state index contributed by atoms with van der Waals surface area (Å²) in [4.78, 5) is 17.3. The molecule has 0 spiro atoms. The molecule has 1 aliphatic heterocycles. The molecule has 0 atom stereocenters. The van der Waals surface area contributed by atoms with Crippen molar-refractivity contribution in [3.05, 3.63) is 108 Å². The summed E-state index contributed by atoms with van der Waals surface area (Å²) in [5.41, 5.74) is 3.92. The van der Waals surface area contributed by atoms with Crippen LogP contribution in [-0.4, -0.2) is 46.4 Å². The Kier molecular flexibility index (Phi) is 6.88. The summed E-state index contributed by atoms with van der Waals surface area (Å²) in [6, 6.07) is 20.0. The number of carbonyl (C=O) groups is 1. The molecule has 3 heterocycles. The number of rotatable bonds is 8. The van der Waals surface area contributed by atoms with Crippen molar-refractivity contribution in [2.45, 2.75) is 24.3 Å². The average molecular weight is 499 g/mol. The lowest BCUT2D eigenvalue weighted by atomic mass is 10.1. The first-order chi connectivity index (χ1) is 17.5. The summed E-state index contributed by atoms with van der Waals surface area (Å²) in [6.45, 7) is 1.69. The molecule has 2 aromatic carbocycles. The van der Waals surface area contributed by atoms with Crippen LogP contribution in [0.15, 0.2) is 96.3 Å². The predicted molar refractivity (Wildman–Crippen MR) is 139 cm³/mol. The second-order valence-corrected chi connectivity index (χ2v) is 10.6. The molecule has 5 rings (SSSR count). The molecule has 4 aromatic rings. The highest BCUT2D eigenvalue weighted by Crippen LogP contribution is 2.24. The molecule has 182 valence electrons. The quantitative estimate of drug-likeness (QED) is 0.260. The molecule has 0 saturated carbocycles.